The van der Waals surface area contributed by atoms with Crippen LogP contribution in [0, 0.1) is 6.92 Å². The number of hydrogen-bond acceptors (Lipinski definition) is 3. The summed E-state index contributed by atoms with van der Waals surface area (Å²) in [6, 6.07) is 15.0. The molecule has 2 aromatic carbocycles. The Morgan fingerprint density at radius 3 is 2.58 bits per heavy atom. The van der Waals surface area contributed by atoms with E-state index in [1.807, 2.05) is 43.3 Å². The normalized spacial score (nSPS) is 10.0. The first kappa shape index (κ1) is 13.1. The molecular weight excluding hydrogens is 240 g/mol. The molecule has 98 valence electrons. The Hall–Kier alpha value is -2.33. The minimum atomic E-state index is -0.229. The highest BCUT2D eigenvalue weighted by Crippen LogP contribution is 2.24. The molecule has 0 saturated heterocycles. The summed E-state index contributed by atoms with van der Waals surface area (Å²) in [7, 11) is 0. The van der Waals surface area contributed by atoms with E-state index in [0.29, 0.717) is 11.4 Å². The predicted octanol–water partition coefficient (Wildman–Crippen LogP) is 2.68. The van der Waals surface area contributed by atoms with Gasteiger partial charge in [0.25, 0.3) is 0 Å². The topological polar surface area (TPSA) is 64.3 Å². The molecule has 0 heterocycles. The quantitative estimate of drug-likeness (QED) is 0.884. The van der Waals surface area contributed by atoms with Gasteiger partial charge < -0.3 is 15.8 Å². The molecule has 0 bridgehead atoms. The molecule has 0 aliphatic carbocycles. The lowest BCUT2D eigenvalue weighted by Gasteiger charge is -2.08. The first-order valence-electron chi connectivity index (χ1n) is 6.02. The summed E-state index contributed by atoms with van der Waals surface area (Å²) in [4.78, 5) is 11.2. The second-order valence-electron chi connectivity index (χ2n) is 4.20. The van der Waals surface area contributed by atoms with Gasteiger partial charge in [-0.3, -0.25) is 4.79 Å². The van der Waals surface area contributed by atoms with E-state index in [0.717, 1.165) is 5.75 Å². The van der Waals surface area contributed by atoms with Gasteiger partial charge in [0.05, 0.1) is 6.54 Å². The summed E-state index contributed by atoms with van der Waals surface area (Å²) < 4.78 is 5.71. The largest absolute Gasteiger partial charge is 0.457 e. The molecule has 4 nitrogen and oxygen atoms in total. The maximum Gasteiger partial charge on any atom is 0.238 e. The maximum atomic E-state index is 11.2. The molecule has 0 aromatic heterocycles. The van der Waals surface area contributed by atoms with Gasteiger partial charge in [-0.05, 0) is 31.2 Å². The Balaban J connectivity index is 2.10. The second kappa shape index (κ2) is 6.02. The van der Waals surface area contributed by atoms with Crippen LogP contribution in [0.1, 0.15) is 5.56 Å². The smallest absolute Gasteiger partial charge is 0.238 e. The van der Waals surface area contributed by atoms with Gasteiger partial charge in [-0.25, -0.2) is 0 Å². The van der Waals surface area contributed by atoms with Crippen molar-refractivity contribution in [1.29, 1.82) is 0 Å². The number of carbonyl (C=O) groups is 1. The third-order valence-electron chi connectivity index (χ3n) is 2.56. The van der Waals surface area contributed by atoms with E-state index in [1.165, 1.54) is 5.56 Å². The van der Waals surface area contributed by atoms with Crippen molar-refractivity contribution in [3.8, 4) is 11.5 Å². The number of benzene rings is 2. The number of rotatable bonds is 4. The van der Waals surface area contributed by atoms with Gasteiger partial charge in [0.15, 0.2) is 0 Å². The van der Waals surface area contributed by atoms with E-state index >= 15 is 0 Å². The lowest BCUT2D eigenvalue weighted by Crippen LogP contribution is -2.21. The first-order valence-corrected chi connectivity index (χ1v) is 6.02. The molecule has 4 heteroatoms. The average Bonchev–Trinajstić information content (AvgIpc) is 2.42. The predicted molar refractivity (Wildman–Crippen MR) is 75.4 cm³/mol. The van der Waals surface area contributed by atoms with E-state index in [4.69, 9.17) is 10.5 Å². The second-order valence-corrected chi connectivity index (χ2v) is 4.20. The fourth-order valence-electron chi connectivity index (χ4n) is 1.59. The molecular formula is C15H16N2O2. The fraction of sp³-hybridized carbons (Fsp3) is 0.133. The first-order chi connectivity index (χ1) is 9.17. The summed E-state index contributed by atoms with van der Waals surface area (Å²) in [6.07, 6.45) is 0. The highest BCUT2D eigenvalue weighted by atomic mass is 16.5. The molecule has 0 saturated carbocycles. The standard InChI is InChI=1S/C15H16N2O2/c1-11-5-7-13(8-6-11)19-14-4-2-3-12(9-14)17-15(18)10-16/h2-9H,10,16H2,1H3,(H,17,18). The van der Waals surface area contributed by atoms with Crippen LogP contribution in [-0.2, 0) is 4.79 Å². The van der Waals surface area contributed by atoms with Crippen LogP contribution in [-0.4, -0.2) is 12.5 Å². The number of ether oxygens (including phenoxy) is 1. The molecule has 1 amide bonds. The molecule has 19 heavy (non-hydrogen) atoms. The molecule has 2 aromatic rings. The van der Waals surface area contributed by atoms with Crippen LogP contribution in [0.15, 0.2) is 48.5 Å². The zero-order valence-electron chi connectivity index (χ0n) is 10.7. The van der Waals surface area contributed by atoms with E-state index in [-0.39, 0.29) is 12.5 Å². The van der Waals surface area contributed by atoms with Crippen LogP contribution >= 0.6 is 0 Å². The Morgan fingerprint density at radius 2 is 1.89 bits per heavy atom. The zero-order chi connectivity index (χ0) is 13.7. The van der Waals surface area contributed by atoms with Crippen LogP contribution in [0.4, 0.5) is 5.69 Å². The van der Waals surface area contributed by atoms with Crippen molar-refractivity contribution in [3.63, 3.8) is 0 Å². The molecule has 0 spiro atoms. The van der Waals surface area contributed by atoms with Crippen molar-refractivity contribution < 1.29 is 9.53 Å². The molecule has 0 aliphatic rings. The van der Waals surface area contributed by atoms with E-state index in [9.17, 15) is 4.79 Å². The minimum absolute atomic E-state index is 0.0386. The van der Waals surface area contributed by atoms with Gasteiger partial charge >= 0.3 is 0 Å². The Kier molecular flexibility index (Phi) is 4.15. The van der Waals surface area contributed by atoms with Crippen molar-refractivity contribution in [2.24, 2.45) is 5.73 Å². The number of amides is 1. The van der Waals surface area contributed by atoms with E-state index < -0.39 is 0 Å². The molecule has 2 rings (SSSR count). The molecule has 0 radical (unpaired) electrons. The number of aryl methyl sites for hydroxylation is 1. The number of nitrogens with two attached hydrogens (primary N) is 1. The van der Waals surface area contributed by atoms with Crippen LogP contribution in [0.3, 0.4) is 0 Å². The molecule has 0 aliphatic heterocycles. The van der Waals surface area contributed by atoms with Crippen molar-refractivity contribution in [2.75, 3.05) is 11.9 Å². The SMILES string of the molecule is Cc1ccc(Oc2cccc(NC(=O)CN)c2)cc1. The van der Waals surface area contributed by atoms with E-state index in [1.54, 1.807) is 12.1 Å². The van der Waals surface area contributed by atoms with E-state index in [2.05, 4.69) is 5.32 Å². The monoisotopic (exact) mass is 256 g/mol. The molecule has 0 unspecified atom stereocenters. The molecule has 0 fully saturated rings. The zero-order valence-corrected chi connectivity index (χ0v) is 10.7. The summed E-state index contributed by atoms with van der Waals surface area (Å²) in [6.45, 7) is 1.98. The number of anilines is 1. The summed E-state index contributed by atoms with van der Waals surface area (Å²) in [5.41, 5.74) is 7.10. The highest BCUT2D eigenvalue weighted by molar-refractivity contribution is 5.92. The van der Waals surface area contributed by atoms with Gasteiger partial charge in [-0.15, -0.1) is 0 Å². The summed E-state index contributed by atoms with van der Waals surface area (Å²) in [5.74, 6) is 1.19. The average molecular weight is 256 g/mol. The lowest BCUT2D eigenvalue weighted by molar-refractivity contribution is -0.114. The van der Waals surface area contributed by atoms with Gasteiger partial charge in [0, 0.05) is 11.8 Å². The number of carbonyl (C=O) groups excluding carboxylic acids is 1. The molecule has 3 N–H and O–H groups in total. The van der Waals surface area contributed by atoms with Gasteiger partial charge in [0.2, 0.25) is 5.91 Å². The lowest BCUT2D eigenvalue weighted by atomic mass is 10.2. The van der Waals surface area contributed by atoms with Crippen molar-refractivity contribution in [1.82, 2.24) is 0 Å². The third-order valence-corrected chi connectivity index (χ3v) is 2.56. The summed E-state index contributed by atoms with van der Waals surface area (Å²) in [5, 5.41) is 2.68. The highest BCUT2D eigenvalue weighted by Gasteiger charge is 2.02. The van der Waals surface area contributed by atoms with Crippen LogP contribution in [0.2, 0.25) is 0 Å². The number of hydrogen-bond donors (Lipinski definition) is 2. The molecule has 0 atom stereocenters. The number of nitrogens with one attached hydrogen (secondary N) is 1. The Bertz CT molecular complexity index is 565. The Labute approximate surface area is 112 Å². The van der Waals surface area contributed by atoms with Crippen molar-refractivity contribution >= 4 is 11.6 Å². The Morgan fingerprint density at radius 1 is 1.16 bits per heavy atom. The van der Waals surface area contributed by atoms with Crippen LogP contribution in [0.25, 0.3) is 0 Å². The van der Waals surface area contributed by atoms with Gasteiger partial charge in [-0.1, -0.05) is 23.8 Å². The maximum absolute atomic E-state index is 11.2. The summed E-state index contributed by atoms with van der Waals surface area (Å²) >= 11 is 0. The van der Waals surface area contributed by atoms with Crippen molar-refractivity contribution in [2.45, 2.75) is 6.92 Å². The fourth-order valence-corrected chi connectivity index (χ4v) is 1.59. The van der Waals surface area contributed by atoms with Crippen molar-refractivity contribution in [3.05, 3.63) is 54.1 Å². The minimum Gasteiger partial charge on any atom is -0.457 e. The van der Waals surface area contributed by atoms with Gasteiger partial charge in [-0.2, -0.15) is 0 Å². The third kappa shape index (κ3) is 3.82. The van der Waals surface area contributed by atoms with Gasteiger partial charge in [0.1, 0.15) is 11.5 Å². The van der Waals surface area contributed by atoms with Crippen LogP contribution < -0.4 is 15.8 Å². The van der Waals surface area contributed by atoms with Crippen LogP contribution in [0.5, 0.6) is 11.5 Å².